The van der Waals surface area contributed by atoms with Crippen LogP contribution in [0.4, 0.5) is 13.2 Å². The molecule has 1 saturated carbocycles. The Morgan fingerprint density at radius 3 is 2.38 bits per heavy atom. The van der Waals surface area contributed by atoms with E-state index < -0.39 is 21.7 Å². The lowest BCUT2D eigenvalue weighted by Crippen LogP contribution is -2.56. The van der Waals surface area contributed by atoms with Crippen LogP contribution >= 0.6 is 0 Å². The molecule has 3 heterocycles. The second-order valence-corrected chi connectivity index (χ2v) is 11.6. The molecule has 2 saturated heterocycles. The van der Waals surface area contributed by atoms with Gasteiger partial charge in [0.2, 0.25) is 0 Å². The van der Waals surface area contributed by atoms with Crippen molar-refractivity contribution in [3.05, 3.63) is 17.5 Å². The van der Waals surface area contributed by atoms with Gasteiger partial charge in [0.25, 0.3) is 0 Å². The molecule has 5 nitrogen and oxygen atoms in total. The van der Waals surface area contributed by atoms with E-state index >= 15 is 0 Å². The summed E-state index contributed by atoms with van der Waals surface area (Å²) in [7, 11) is -2.82. The van der Waals surface area contributed by atoms with Crippen LogP contribution in [0.5, 0.6) is 0 Å². The molecule has 0 N–H and O–H groups in total. The monoisotopic (exact) mass is 433 g/mol. The summed E-state index contributed by atoms with van der Waals surface area (Å²) in [5.74, 6) is 0.740. The van der Waals surface area contributed by atoms with Crippen LogP contribution in [0.1, 0.15) is 75.7 Å². The minimum absolute atomic E-state index is 0.0126. The normalized spacial score (nSPS) is 29.9. The van der Waals surface area contributed by atoms with Crippen molar-refractivity contribution in [3.8, 4) is 0 Å². The summed E-state index contributed by atoms with van der Waals surface area (Å²) in [5, 5.41) is 3.87. The molecule has 2 aliphatic heterocycles. The third kappa shape index (κ3) is 4.22. The first-order chi connectivity index (χ1) is 13.5. The Hall–Kier alpha value is -1.09. The number of piperidine rings is 1. The molecule has 0 aromatic carbocycles. The first-order valence-corrected chi connectivity index (χ1v) is 12.4. The van der Waals surface area contributed by atoms with Gasteiger partial charge in [-0.05, 0) is 65.1 Å². The summed E-state index contributed by atoms with van der Waals surface area (Å²) in [6.07, 6.45) is 1.20. The summed E-state index contributed by atoms with van der Waals surface area (Å²) in [4.78, 5) is 2.45. The van der Waals surface area contributed by atoms with Crippen molar-refractivity contribution in [1.82, 2.24) is 14.7 Å². The molecule has 0 bridgehead atoms. The predicted molar refractivity (Wildman–Crippen MR) is 105 cm³/mol. The number of alkyl halides is 3. The highest BCUT2D eigenvalue weighted by molar-refractivity contribution is 7.92. The number of nitrogens with zero attached hydrogens (tertiary/aromatic N) is 3. The van der Waals surface area contributed by atoms with Crippen LogP contribution in [-0.2, 0) is 16.0 Å². The lowest BCUT2D eigenvalue weighted by Gasteiger charge is -2.49. The van der Waals surface area contributed by atoms with E-state index in [1.807, 2.05) is 13.8 Å². The third-order valence-electron chi connectivity index (χ3n) is 7.04. The van der Waals surface area contributed by atoms with E-state index in [4.69, 9.17) is 0 Å². The molecule has 3 fully saturated rings. The Kier molecular flexibility index (Phi) is 5.29. The average molecular weight is 434 g/mol. The van der Waals surface area contributed by atoms with E-state index in [-0.39, 0.29) is 17.4 Å². The van der Waals surface area contributed by atoms with E-state index in [1.165, 1.54) is 6.07 Å². The fraction of sp³-hybridized carbons (Fsp3) is 0.850. The van der Waals surface area contributed by atoms with Crippen LogP contribution in [-0.4, -0.2) is 53.7 Å². The molecule has 1 spiro atoms. The fourth-order valence-electron chi connectivity index (χ4n) is 5.57. The molecule has 1 aliphatic carbocycles. The van der Waals surface area contributed by atoms with Crippen molar-refractivity contribution < 1.29 is 21.6 Å². The highest BCUT2D eigenvalue weighted by atomic mass is 32.2. The van der Waals surface area contributed by atoms with E-state index in [9.17, 15) is 21.6 Å². The summed E-state index contributed by atoms with van der Waals surface area (Å²) in [6.45, 7) is 5.52. The Labute approximate surface area is 170 Å². The third-order valence-corrected chi connectivity index (χ3v) is 9.14. The minimum atomic E-state index is -4.42. The Morgan fingerprint density at radius 2 is 1.83 bits per heavy atom. The highest BCUT2D eigenvalue weighted by Crippen LogP contribution is 2.45. The molecule has 0 amide bonds. The molecule has 1 aromatic heterocycles. The van der Waals surface area contributed by atoms with Crippen molar-refractivity contribution in [2.24, 2.45) is 5.41 Å². The van der Waals surface area contributed by atoms with Crippen molar-refractivity contribution in [3.63, 3.8) is 0 Å². The molecule has 4 rings (SSSR count). The van der Waals surface area contributed by atoms with Gasteiger partial charge in [-0.25, -0.2) is 8.42 Å². The van der Waals surface area contributed by atoms with Crippen LogP contribution in [0, 0.1) is 5.41 Å². The fourth-order valence-corrected chi connectivity index (χ4v) is 7.93. The van der Waals surface area contributed by atoms with Crippen LogP contribution in [0.15, 0.2) is 6.07 Å². The molecule has 0 unspecified atom stereocenters. The van der Waals surface area contributed by atoms with Crippen LogP contribution in [0.25, 0.3) is 0 Å². The predicted octanol–water partition coefficient (Wildman–Crippen LogP) is 4.02. The summed E-state index contributed by atoms with van der Waals surface area (Å²) < 4.78 is 64.4. The van der Waals surface area contributed by atoms with Crippen molar-refractivity contribution in [1.29, 1.82) is 0 Å². The van der Waals surface area contributed by atoms with E-state index in [0.29, 0.717) is 23.2 Å². The molecule has 3 aliphatic rings. The van der Waals surface area contributed by atoms with E-state index in [0.717, 1.165) is 51.6 Å². The largest absolute Gasteiger partial charge is 0.435 e. The Morgan fingerprint density at radius 1 is 1.17 bits per heavy atom. The molecule has 1 aromatic rings. The highest BCUT2D eigenvalue weighted by Gasteiger charge is 2.50. The zero-order chi connectivity index (χ0) is 21.0. The maximum absolute atomic E-state index is 13.2. The SMILES string of the molecule is CC(C)n1nc(C(F)(F)F)cc1[C@H]1CCC[C@H](N2CCC3(CC2)CS(=O)(=O)C3)C1. The van der Waals surface area contributed by atoms with E-state index in [1.54, 1.807) is 4.68 Å². The van der Waals surface area contributed by atoms with Crippen LogP contribution in [0.3, 0.4) is 0 Å². The Bertz CT molecular complexity index is 841. The minimum Gasteiger partial charge on any atom is -0.300 e. The number of hydrogen-bond donors (Lipinski definition) is 0. The zero-order valence-corrected chi connectivity index (χ0v) is 17.9. The maximum atomic E-state index is 13.2. The van der Waals surface area contributed by atoms with Gasteiger partial charge in [0.05, 0.1) is 11.5 Å². The topological polar surface area (TPSA) is 55.2 Å². The summed E-state index contributed by atoms with van der Waals surface area (Å²) in [5.41, 5.74) is -0.105. The van der Waals surface area contributed by atoms with Crippen molar-refractivity contribution >= 4 is 9.84 Å². The average Bonchev–Trinajstić information content (AvgIpc) is 3.07. The first kappa shape index (κ1) is 21.2. The molecule has 164 valence electrons. The van der Waals surface area contributed by atoms with Gasteiger partial charge in [-0.1, -0.05) is 6.42 Å². The molecule has 2 atom stereocenters. The van der Waals surface area contributed by atoms with Gasteiger partial charge in [-0.15, -0.1) is 0 Å². The van der Waals surface area contributed by atoms with Gasteiger partial charge in [0.1, 0.15) is 0 Å². The lowest BCUT2D eigenvalue weighted by atomic mass is 9.78. The van der Waals surface area contributed by atoms with Crippen LogP contribution in [0.2, 0.25) is 0 Å². The molecule has 9 heteroatoms. The van der Waals surface area contributed by atoms with E-state index in [2.05, 4.69) is 10.00 Å². The smallest absolute Gasteiger partial charge is 0.300 e. The van der Waals surface area contributed by atoms with Gasteiger partial charge in [-0.2, -0.15) is 18.3 Å². The van der Waals surface area contributed by atoms with Crippen LogP contribution < -0.4 is 0 Å². The number of rotatable bonds is 3. The number of hydrogen-bond acceptors (Lipinski definition) is 4. The van der Waals surface area contributed by atoms with Gasteiger partial charge in [0.15, 0.2) is 15.5 Å². The second kappa shape index (κ2) is 7.25. The number of likely N-dealkylation sites (tertiary alicyclic amines) is 1. The zero-order valence-electron chi connectivity index (χ0n) is 17.1. The van der Waals surface area contributed by atoms with Crippen molar-refractivity contribution in [2.75, 3.05) is 24.6 Å². The quantitative estimate of drug-likeness (QED) is 0.723. The first-order valence-electron chi connectivity index (χ1n) is 10.6. The van der Waals surface area contributed by atoms with Gasteiger partial charge < -0.3 is 4.90 Å². The second-order valence-electron chi connectivity index (χ2n) is 9.58. The number of halogens is 3. The lowest BCUT2D eigenvalue weighted by molar-refractivity contribution is -0.141. The maximum Gasteiger partial charge on any atom is 0.435 e. The van der Waals surface area contributed by atoms with Gasteiger partial charge in [0, 0.05) is 29.1 Å². The standard InChI is InChI=1S/C20H30F3N3O2S/c1-14(2)26-17(11-18(24-26)20(21,22)23)15-4-3-5-16(10-15)25-8-6-19(7-9-25)12-29(27,28)13-19/h11,14-16H,3-10,12-13H2,1-2H3/t15-,16-/m0/s1. The van der Waals surface area contributed by atoms with Gasteiger partial charge >= 0.3 is 6.18 Å². The Balaban J connectivity index is 1.45. The number of aromatic nitrogens is 2. The van der Waals surface area contributed by atoms with Gasteiger partial charge in [-0.3, -0.25) is 4.68 Å². The molecular formula is C20H30F3N3O2S. The number of sulfone groups is 1. The molecule has 0 radical (unpaired) electrons. The molecular weight excluding hydrogens is 403 g/mol. The van der Waals surface area contributed by atoms with Crippen molar-refractivity contribution in [2.45, 2.75) is 76.6 Å². The summed E-state index contributed by atoms with van der Waals surface area (Å²) >= 11 is 0. The molecule has 29 heavy (non-hydrogen) atoms. The summed E-state index contributed by atoms with van der Waals surface area (Å²) in [6, 6.07) is 1.49.